The molecule has 0 heterocycles. The SMILES string of the molecule is CC(NC(=O)CN)C(=O)NC(CCC(N)=O)C(=O)NCC(=O)O. The van der Waals surface area contributed by atoms with E-state index < -0.39 is 48.2 Å². The standard InChI is InChI=1S/C12H21N5O6/c1-6(16-9(19)4-13)11(22)17-7(2-3-8(14)18)12(23)15-5-10(20)21/h6-7H,2-5,13H2,1H3,(H2,14,18)(H,15,23)(H,16,19)(H,17,22)(H,20,21). The minimum Gasteiger partial charge on any atom is -0.480 e. The molecule has 0 radical (unpaired) electrons. The number of hydrogen-bond acceptors (Lipinski definition) is 6. The van der Waals surface area contributed by atoms with Gasteiger partial charge in [-0.05, 0) is 13.3 Å². The van der Waals surface area contributed by atoms with Gasteiger partial charge in [-0.3, -0.25) is 24.0 Å². The van der Waals surface area contributed by atoms with Gasteiger partial charge in [-0.25, -0.2) is 0 Å². The Morgan fingerprint density at radius 2 is 1.70 bits per heavy atom. The van der Waals surface area contributed by atoms with Crippen LogP contribution in [0.2, 0.25) is 0 Å². The van der Waals surface area contributed by atoms with Crippen molar-refractivity contribution < 1.29 is 29.1 Å². The number of primary amides is 1. The average molecular weight is 331 g/mol. The molecule has 0 aliphatic rings. The molecule has 0 bridgehead atoms. The van der Waals surface area contributed by atoms with E-state index in [1.807, 2.05) is 0 Å². The zero-order chi connectivity index (χ0) is 18.0. The summed E-state index contributed by atoms with van der Waals surface area (Å²) >= 11 is 0. The Labute approximate surface area is 132 Å². The van der Waals surface area contributed by atoms with Crippen LogP contribution < -0.4 is 27.4 Å². The number of carbonyl (C=O) groups excluding carboxylic acids is 4. The highest BCUT2D eigenvalue weighted by atomic mass is 16.4. The number of hydrogen-bond donors (Lipinski definition) is 6. The number of rotatable bonds is 10. The minimum absolute atomic E-state index is 0.107. The van der Waals surface area contributed by atoms with Gasteiger partial charge in [0.1, 0.15) is 18.6 Å². The van der Waals surface area contributed by atoms with Crippen molar-refractivity contribution in [1.29, 1.82) is 0 Å². The van der Waals surface area contributed by atoms with E-state index in [-0.39, 0.29) is 19.4 Å². The normalized spacial score (nSPS) is 12.6. The zero-order valence-electron chi connectivity index (χ0n) is 12.6. The van der Waals surface area contributed by atoms with Gasteiger partial charge in [0.2, 0.25) is 23.6 Å². The maximum atomic E-state index is 11.9. The Bertz CT molecular complexity index is 481. The van der Waals surface area contributed by atoms with Crippen LogP contribution in [0.4, 0.5) is 0 Å². The summed E-state index contributed by atoms with van der Waals surface area (Å²) in [5.41, 5.74) is 10.1. The first-order valence-electron chi connectivity index (χ1n) is 6.75. The molecule has 4 amide bonds. The molecule has 0 fully saturated rings. The van der Waals surface area contributed by atoms with Gasteiger partial charge in [0, 0.05) is 6.42 Å². The summed E-state index contributed by atoms with van der Waals surface area (Å²) in [5.74, 6) is -3.97. The van der Waals surface area contributed by atoms with Gasteiger partial charge in [-0.1, -0.05) is 0 Å². The van der Waals surface area contributed by atoms with Gasteiger partial charge < -0.3 is 32.5 Å². The van der Waals surface area contributed by atoms with Gasteiger partial charge in [0.25, 0.3) is 0 Å². The minimum atomic E-state index is -1.26. The van der Waals surface area contributed by atoms with Crippen LogP contribution in [0.3, 0.4) is 0 Å². The van der Waals surface area contributed by atoms with Crippen LogP contribution in [-0.4, -0.2) is 59.9 Å². The maximum Gasteiger partial charge on any atom is 0.322 e. The molecular formula is C12H21N5O6. The van der Waals surface area contributed by atoms with E-state index in [4.69, 9.17) is 16.6 Å². The molecule has 2 unspecified atom stereocenters. The molecule has 0 aromatic heterocycles. The topological polar surface area (TPSA) is 194 Å². The molecule has 130 valence electrons. The molecule has 8 N–H and O–H groups in total. The summed E-state index contributed by atoms with van der Waals surface area (Å²) in [6.45, 7) is 0.437. The van der Waals surface area contributed by atoms with Crippen molar-refractivity contribution in [2.24, 2.45) is 11.5 Å². The number of nitrogens with two attached hydrogens (primary N) is 2. The van der Waals surface area contributed by atoms with Crippen LogP contribution in [-0.2, 0) is 24.0 Å². The second-order valence-corrected chi connectivity index (χ2v) is 4.67. The predicted molar refractivity (Wildman–Crippen MR) is 77.7 cm³/mol. The van der Waals surface area contributed by atoms with Gasteiger partial charge in [-0.15, -0.1) is 0 Å². The van der Waals surface area contributed by atoms with Crippen molar-refractivity contribution in [1.82, 2.24) is 16.0 Å². The number of nitrogens with one attached hydrogen (secondary N) is 3. The first-order chi connectivity index (χ1) is 10.7. The van der Waals surface area contributed by atoms with Crippen molar-refractivity contribution in [2.45, 2.75) is 31.8 Å². The Balaban J connectivity index is 4.74. The largest absolute Gasteiger partial charge is 0.480 e. The molecule has 0 saturated heterocycles. The molecule has 11 nitrogen and oxygen atoms in total. The Morgan fingerprint density at radius 3 is 2.17 bits per heavy atom. The number of carboxylic acid groups (broad SMARTS) is 1. The van der Waals surface area contributed by atoms with Crippen LogP contribution in [0.5, 0.6) is 0 Å². The van der Waals surface area contributed by atoms with Crippen molar-refractivity contribution in [3.8, 4) is 0 Å². The first-order valence-corrected chi connectivity index (χ1v) is 6.75. The van der Waals surface area contributed by atoms with E-state index in [1.165, 1.54) is 6.92 Å². The van der Waals surface area contributed by atoms with E-state index in [9.17, 15) is 24.0 Å². The molecule has 0 aromatic rings. The quantitative estimate of drug-likeness (QED) is 0.238. The molecule has 0 aliphatic carbocycles. The Hall–Kier alpha value is -2.69. The van der Waals surface area contributed by atoms with Crippen LogP contribution >= 0.6 is 0 Å². The average Bonchev–Trinajstić information content (AvgIpc) is 2.47. The van der Waals surface area contributed by atoms with Gasteiger partial charge >= 0.3 is 5.97 Å². The van der Waals surface area contributed by atoms with Gasteiger partial charge in [-0.2, -0.15) is 0 Å². The summed E-state index contributed by atoms with van der Waals surface area (Å²) in [4.78, 5) is 56.1. The molecule has 0 aliphatic heterocycles. The molecule has 0 spiro atoms. The fraction of sp³-hybridized carbons (Fsp3) is 0.583. The fourth-order valence-corrected chi connectivity index (χ4v) is 1.50. The lowest BCUT2D eigenvalue weighted by Gasteiger charge is -2.20. The van der Waals surface area contributed by atoms with Crippen molar-refractivity contribution in [3.05, 3.63) is 0 Å². The molecule has 0 saturated carbocycles. The van der Waals surface area contributed by atoms with Crippen molar-refractivity contribution in [3.63, 3.8) is 0 Å². The van der Waals surface area contributed by atoms with Crippen LogP contribution in [0.25, 0.3) is 0 Å². The summed E-state index contributed by atoms with van der Waals surface area (Å²) in [6, 6.07) is -2.12. The highest BCUT2D eigenvalue weighted by Crippen LogP contribution is 1.99. The second kappa shape index (κ2) is 10.1. The third-order valence-corrected chi connectivity index (χ3v) is 2.68. The monoisotopic (exact) mass is 331 g/mol. The lowest BCUT2D eigenvalue weighted by Crippen LogP contribution is -2.54. The maximum absolute atomic E-state index is 11.9. The summed E-state index contributed by atoms with van der Waals surface area (Å²) < 4.78 is 0. The Morgan fingerprint density at radius 1 is 1.09 bits per heavy atom. The van der Waals surface area contributed by atoms with Gasteiger partial charge in [0.15, 0.2) is 0 Å². The number of aliphatic carboxylic acids is 1. The molecule has 23 heavy (non-hydrogen) atoms. The van der Waals surface area contributed by atoms with Crippen molar-refractivity contribution >= 4 is 29.6 Å². The van der Waals surface area contributed by atoms with Crippen molar-refractivity contribution in [2.75, 3.05) is 13.1 Å². The summed E-state index contributed by atoms with van der Waals surface area (Å²) in [7, 11) is 0. The van der Waals surface area contributed by atoms with Crippen LogP contribution in [0.1, 0.15) is 19.8 Å². The molecule has 11 heteroatoms. The predicted octanol–water partition coefficient (Wildman–Crippen LogP) is -3.60. The highest BCUT2D eigenvalue weighted by molar-refractivity contribution is 5.93. The number of amides is 4. The number of carboxylic acids is 1. The zero-order valence-corrected chi connectivity index (χ0v) is 12.6. The summed E-state index contributed by atoms with van der Waals surface area (Å²) in [6.07, 6.45) is -0.293. The van der Waals surface area contributed by atoms with Gasteiger partial charge in [0.05, 0.1) is 6.54 Å². The van der Waals surface area contributed by atoms with Crippen LogP contribution in [0.15, 0.2) is 0 Å². The molecule has 2 atom stereocenters. The van der Waals surface area contributed by atoms with E-state index in [0.29, 0.717) is 0 Å². The molecular weight excluding hydrogens is 310 g/mol. The van der Waals surface area contributed by atoms with E-state index in [2.05, 4.69) is 16.0 Å². The highest BCUT2D eigenvalue weighted by Gasteiger charge is 2.24. The Kier molecular flexibility index (Phi) is 8.92. The third kappa shape index (κ3) is 9.03. The van der Waals surface area contributed by atoms with E-state index in [0.717, 1.165) is 0 Å². The first kappa shape index (κ1) is 20.3. The van der Waals surface area contributed by atoms with Crippen LogP contribution in [0, 0.1) is 0 Å². The molecule has 0 aromatic carbocycles. The smallest absolute Gasteiger partial charge is 0.322 e. The number of carbonyl (C=O) groups is 5. The fourth-order valence-electron chi connectivity index (χ4n) is 1.50. The molecule has 0 rings (SSSR count). The van der Waals surface area contributed by atoms with E-state index in [1.54, 1.807) is 0 Å². The lowest BCUT2D eigenvalue weighted by atomic mass is 10.1. The lowest BCUT2D eigenvalue weighted by molar-refractivity contribution is -0.138. The second-order valence-electron chi connectivity index (χ2n) is 4.67. The third-order valence-electron chi connectivity index (χ3n) is 2.68. The van der Waals surface area contributed by atoms with E-state index >= 15 is 0 Å². The summed E-state index contributed by atoms with van der Waals surface area (Å²) in [5, 5.41) is 15.2.